The second kappa shape index (κ2) is 10.6. The minimum atomic E-state index is -1.00. The van der Waals surface area contributed by atoms with Crippen LogP contribution in [0.5, 0.6) is 0 Å². The van der Waals surface area contributed by atoms with Crippen LogP contribution < -0.4 is 5.32 Å². The number of hydrogen-bond acceptors (Lipinski definition) is 7. The zero-order valence-electron chi connectivity index (χ0n) is 17.8. The van der Waals surface area contributed by atoms with Crippen molar-refractivity contribution in [2.24, 2.45) is 0 Å². The van der Waals surface area contributed by atoms with Gasteiger partial charge in [-0.25, -0.2) is 14.4 Å². The van der Waals surface area contributed by atoms with Crippen LogP contribution in [0.25, 0.3) is 10.8 Å². The fraction of sp³-hybridized carbons (Fsp3) is 0.208. The number of nitrogens with one attached hydrogen (secondary N) is 1. The topological polar surface area (TPSA) is 90.9 Å². The van der Waals surface area contributed by atoms with Gasteiger partial charge in [-0.3, -0.25) is 5.32 Å². The molecule has 0 fully saturated rings. The molecule has 1 aromatic heterocycles. The maximum Gasteiger partial charge on any atom is 0.412 e. The Bertz CT molecular complexity index is 1150. The molecule has 2 aromatic carbocycles. The first-order valence-corrected chi connectivity index (χ1v) is 10.7. The number of anilines is 1. The summed E-state index contributed by atoms with van der Waals surface area (Å²) in [6, 6.07) is 14.6. The molecule has 1 atom stereocenters. The third-order valence-electron chi connectivity index (χ3n) is 4.51. The van der Waals surface area contributed by atoms with E-state index in [0.717, 1.165) is 16.3 Å². The molecular weight excluding hydrogens is 430 g/mol. The Kier molecular flexibility index (Phi) is 7.62. The molecule has 0 spiro atoms. The van der Waals surface area contributed by atoms with Gasteiger partial charge in [0.05, 0.1) is 5.56 Å². The molecule has 0 aliphatic heterocycles. The van der Waals surface area contributed by atoms with Crippen LogP contribution in [0.1, 0.15) is 22.8 Å². The molecule has 0 bridgehead atoms. The van der Waals surface area contributed by atoms with Gasteiger partial charge in [-0.1, -0.05) is 43.0 Å². The molecule has 0 aliphatic rings. The molecule has 0 saturated heterocycles. The first-order chi connectivity index (χ1) is 15.3. The number of rotatable bonds is 8. The highest BCUT2D eigenvalue weighted by Crippen LogP contribution is 2.22. The number of aryl methyl sites for hydroxylation is 1. The molecule has 0 saturated carbocycles. The number of ether oxygens (including phenoxy) is 3. The molecule has 1 heterocycles. The number of thiophene rings is 1. The van der Waals surface area contributed by atoms with Crippen molar-refractivity contribution in [1.82, 2.24) is 0 Å². The third-order valence-corrected chi connectivity index (χ3v) is 5.44. The summed E-state index contributed by atoms with van der Waals surface area (Å²) in [5.74, 6) is -1.20. The maximum absolute atomic E-state index is 12.7. The quantitative estimate of drug-likeness (QED) is 0.290. The molecule has 1 unspecified atom stereocenters. The lowest BCUT2D eigenvalue weighted by molar-refractivity contribution is -0.142. The number of esters is 2. The van der Waals surface area contributed by atoms with E-state index in [9.17, 15) is 14.4 Å². The molecule has 0 radical (unpaired) electrons. The van der Waals surface area contributed by atoms with E-state index in [1.165, 1.54) is 18.3 Å². The van der Waals surface area contributed by atoms with E-state index >= 15 is 0 Å². The normalized spacial score (nSPS) is 11.4. The molecule has 0 aliphatic carbocycles. The van der Waals surface area contributed by atoms with Gasteiger partial charge in [0.2, 0.25) is 0 Å². The fourth-order valence-corrected chi connectivity index (χ4v) is 3.64. The first-order valence-electron chi connectivity index (χ1n) is 9.84. The monoisotopic (exact) mass is 453 g/mol. The zero-order chi connectivity index (χ0) is 23.1. The SMILES string of the molecule is C=C(C)C(=O)OCC(COC(=O)c1cccc2ccccc12)OC(=O)Nc1sccc1C. The highest BCUT2D eigenvalue weighted by Gasteiger charge is 2.21. The molecule has 32 heavy (non-hydrogen) atoms. The Morgan fingerprint density at radius 1 is 1.03 bits per heavy atom. The minimum absolute atomic E-state index is 0.204. The molecular formula is C24H23NO6S. The lowest BCUT2D eigenvalue weighted by Gasteiger charge is -2.18. The molecule has 3 rings (SSSR count). The Labute approximate surface area is 189 Å². The van der Waals surface area contributed by atoms with Crippen molar-refractivity contribution in [2.75, 3.05) is 18.5 Å². The van der Waals surface area contributed by atoms with Crippen molar-refractivity contribution in [2.45, 2.75) is 20.0 Å². The Hall–Kier alpha value is -3.65. The van der Waals surface area contributed by atoms with Gasteiger partial charge in [0.25, 0.3) is 0 Å². The van der Waals surface area contributed by atoms with Gasteiger partial charge >= 0.3 is 18.0 Å². The molecule has 8 heteroatoms. The lowest BCUT2D eigenvalue weighted by atomic mass is 10.1. The van der Waals surface area contributed by atoms with Crippen molar-refractivity contribution in [1.29, 1.82) is 0 Å². The Morgan fingerprint density at radius 2 is 1.75 bits per heavy atom. The van der Waals surface area contributed by atoms with E-state index in [4.69, 9.17) is 14.2 Å². The fourth-order valence-electron chi connectivity index (χ4n) is 2.83. The van der Waals surface area contributed by atoms with Crippen LogP contribution in [-0.2, 0) is 19.0 Å². The van der Waals surface area contributed by atoms with E-state index in [0.29, 0.717) is 10.6 Å². The van der Waals surface area contributed by atoms with Crippen molar-refractivity contribution >= 4 is 45.1 Å². The number of carbonyl (C=O) groups is 3. The van der Waals surface area contributed by atoms with Crippen LogP contribution in [0.2, 0.25) is 0 Å². The van der Waals surface area contributed by atoms with Crippen LogP contribution in [0.15, 0.2) is 66.1 Å². The average molecular weight is 454 g/mol. The summed E-state index contributed by atoms with van der Waals surface area (Å²) in [4.78, 5) is 36.8. The van der Waals surface area contributed by atoms with Crippen molar-refractivity contribution in [3.05, 3.63) is 77.2 Å². The summed E-state index contributed by atoms with van der Waals surface area (Å²) in [7, 11) is 0. The van der Waals surface area contributed by atoms with Crippen LogP contribution in [-0.4, -0.2) is 37.3 Å². The van der Waals surface area contributed by atoms with E-state index < -0.39 is 24.1 Å². The van der Waals surface area contributed by atoms with Crippen molar-refractivity contribution in [3.63, 3.8) is 0 Å². The summed E-state index contributed by atoms with van der Waals surface area (Å²) < 4.78 is 15.9. The minimum Gasteiger partial charge on any atom is -0.458 e. The van der Waals surface area contributed by atoms with Crippen LogP contribution in [0.3, 0.4) is 0 Å². The molecule has 3 aromatic rings. The standard InChI is InChI=1S/C24H23NO6S/c1-15(2)22(26)29-13-18(31-24(28)25-21-16(3)11-12-32-21)14-30-23(27)20-10-6-8-17-7-4-5-9-19(17)20/h4-12,18H,1,13-14H2,2-3H3,(H,25,28). The summed E-state index contributed by atoms with van der Waals surface area (Å²) in [5.41, 5.74) is 1.48. The third kappa shape index (κ3) is 5.95. The number of benzene rings is 2. The van der Waals surface area contributed by atoms with Gasteiger partial charge < -0.3 is 14.2 Å². The van der Waals surface area contributed by atoms with E-state index in [1.54, 1.807) is 12.1 Å². The van der Waals surface area contributed by atoms with Crippen LogP contribution in [0.4, 0.5) is 9.80 Å². The predicted octanol–water partition coefficient (Wildman–Crippen LogP) is 5.10. The summed E-state index contributed by atoms with van der Waals surface area (Å²) >= 11 is 1.35. The summed E-state index contributed by atoms with van der Waals surface area (Å²) in [6.45, 7) is 6.30. The Balaban J connectivity index is 1.67. The number of carbonyl (C=O) groups excluding carboxylic acids is 3. The largest absolute Gasteiger partial charge is 0.458 e. The van der Waals surface area contributed by atoms with Gasteiger partial charge in [-0.2, -0.15) is 0 Å². The maximum atomic E-state index is 12.7. The first kappa shape index (κ1) is 23.0. The second-order valence-electron chi connectivity index (χ2n) is 7.09. The zero-order valence-corrected chi connectivity index (χ0v) is 18.6. The lowest BCUT2D eigenvalue weighted by Crippen LogP contribution is -2.32. The molecule has 7 nitrogen and oxygen atoms in total. The van der Waals surface area contributed by atoms with Gasteiger partial charge in [0.1, 0.15) is 18.2 Å². The van der Waals surface area contributed by atoms with Crippen molar-refractivity contribution < 1.29 is 28.6 Å². The molecule has 166 valence electrons. The van der Waals surface area contributed by atoms with Gasteiger partial charge in [-0.15, -0.1) is 11.3 Å². The number of hydrogen-bond donors (Lipinski definition) is 1. The van der Waals surface area contributed by atoms with Gasteiger partial charge in [-0.05, 0) is 47.7 Å². The van der Waals surface area contributed by atoms with Crippen LogP contribution >= 0.6 is 11.3 Å². The summed E-state index contributed by atoms with van der Waals surface area (Å²) in [6.07, 6.45) is -1.74. The second-order valence-corrected chi connectivity index (χ2v) is 8.01. The number of fused-ring (bicyclic) bond motifs is 1. The molecule has 1 amide bonds. The average Bonchev–Trinajstić information content (AvgIpc) is 3.18. The molecule has 1 N–H and O–H groups in total. The smallest absolute Gasteiger partial charge is 0.412 e. The van der Waals surface area contributed by atoms with E-state index in [1.807, 2.05) is 48.7 Å². The number of amides is 1. The Morgan fingerprint density at radius 3 is 2.47 bits per heavy atom. The van der Waals surface area contributed by atoms with Gasteiger partial charge in [0, 0.05) is 5.57 Å². The highest BCUT2D eigenvalue weighted by molar-refractivity contribution is 7.14. The van der Waals surface area contributed by atoms with E-state index in [2.05, 4.69) is 11.9 Å². The van der Waals surface area contributed by atoms with Crippen LogP contribution in [0, 0.1) is 6.92 Å². The highest BCUT2D eigenvalue weighted by atomic mass is 32.1. The summed E-state index contributed by atoms with van der Waals surface area (Å²) in [5, 5.41) is 6.76. The predicted molar refractivity (Wildman–Crippen MR) is 123 cm³/mol. The van der Waals surface area contributed by atoms with Crippen molar-refractivity contribution in [3.8, 4) is 0 Å². The van der Waals surface area contributed by atoms with Gasteiger partial charge in [0.15, 0.2) is 6.10 Å². The van der Waals surface area contributed by atoms with E-state index in [-0.39, 0.29) is 18.8 Å².